The molecule has 94 valence electrons. The predicted octanol–water partition coefficient (Wildman–Crippen LogP) is 0.921. The summed E-state index contributed by atoms with van der Waals surface area (Å²) < 4.78 is 4.51. The van der Waals surface area contributed by atoms with Crippen LogP contribution < -0.4 is 5.73 Å². The Labute approximate surface area is 99.8 Å². The Morgan fingerprint density at radius 1 is 1.47 bits per heavy atom. The number of phenols is 2. The molecular formula is C12H17NO4. The first kappa shape index (κ1) is 13.3. The third kappa shape index (κ3) is 4.32. The van der Waals surface area contributed by atoms with Crippen molar-refractivity contribution in [2.24, 2.45) is 5.73 Å². The van der Waals surface area contributed by atoms with Crippen LogP contribution in [-0.4, -0.2) is 29.3 Å². The highest BCUT2D eigenvalue weighted by Gasteiger charge is 2.10. The molecule has 0 saturated carbocycles. The highest BCUT2D eigenvalue weighted by molar-refractivity contribution is 5.69. The SMILES string of the molecule is COC(=O)CCC(N)Cc1ccc(O)cc1O. The number of ether oxygens (including phenoxy) is 1. The van der Waals surface area contributed by atoms with Gasteiger partial charge in [0.05, 0.1) is 7.11 Å². The van der Waals surface area contributed by atoms with Crippen LogP contribution >= 0.6 is 0 Å². The molecule has 0 amide bonds. The first-order chi connectivity index (χ1) is 8.02. The Hall–Kier alpha value is -1.75. The van der Waals surface area contributed by atoms with E-state index in [0.29, 0.717) is 18.4 Å². The van der Waals surface area contributed by atoms with Gasteiger partial charge in [-0.1, -0.05) is 6.07 Å². The smallest absolute Gasteiger partial charge is 0.305 e. The van der Waals surface area contributed by atoms with Crippen molar-refractivity contribution in [2.75, 3.05) is 7.11 Å². The van der Waals surface area contributed by atoms with Gasteiger partial charge < -0.3 is 20.7 Å². The Balaban J connectivity index is 2.50. The van der Waals surface area contributed by atoms with Gasteiger partial charge in [0.25, 0.3) is 0 Å². The van der Waals surface area contributed by atoms with E-state index in [1.165, 1.54) is 19.2 Å². The molecule has 0 fully saturated rings. The van der Waals surface area contributed by atoms with Crippen LogP contribution in [0.15, 0.2) is 18.2 Å². The number of carbonyl (C=O) groups is 1. The van der Waals surface area contributed by atoms with Gasteiger partial charge in [-0.15, -0.1) is 0 Å². The fraction of sp³-hybridized carbons (Fsp3) is 0.417. The maximum Gasteiger partial charge on any atom is 0.305 e. The summed E-state index contributed by atoms with van der Waals surface area (Å²) in [6.45, 7) is 0. The molecule has 0 aliphatic carbocycles. The third-order valence-corrected chi connectivity index (χ3v) is 2.50. The third-order valence-electron chi connectivity index (χ3n) is 2.50. The molecule has 1 aromatic rings. The van der Waals surface area contributed by atoms with E-state index < -0.39 is 0 Å². The average molecular weight is 239 g/mol. The lowest BCUT2D eigenvalue weighted by molar-refractivity contribution is -0.140. The monoisotopic (exact) mass is 239 g/mol. The lowest BCUT2D eigenvalue weighted by Gasteiger charge is -2.12. The van der Waals surface area contributed by atoms with Crippen molar-refractivity contribution in [2.45, 2.75) is 25.3 Å². The molecule has 0 spiro atoms. The second-order valence-electron chi connectivity index (χ2n) is 3.89. The largest absolute Gasteiger partial charge is 0.508 e. The number of esters is 1. The summed E-state index contributed by atoms with van der Waals surface area (Å²) in [5.74, 6) is -0.275. The Kier molecular flexibility index (Phi) is 4.78. The number of aromatic hydroxyl groups is 2. The normalized spacial score (nSPS) is 12.1. The van der Waals surface area contributed by atoms with Gasteiger partial charge in [0, 0.05) is 18.5 Å². The van der Waals surface area contributed by atoms with E-state index in [9.17, 15) is 9.90 Å². The number of nitrogens with two attached hydrogens (primary N) is 1. The van der Waals surface area contributed by atoms with Crippen molar-refractivity contribution in [3.8, 4) is 11.5 Å². The summed E-state index contributed by atoms with van der Waals surface area (Å²) in [6.07, 6.45) is 1.20. The fourth-order valence-electron chi connectivity index (χ4n) is 1.51. The van der Waals surface area contributed by atoms with Gasteiger partial charge in [-0.25, -0.2) is 0 Å². The number of carbonyl (C=O) groups excluding carboxylic acids is 1. The predicted molar refractivity (Wildman–Crippen MR) is 62.7 cm³/mol. The zero-order valence-corrected chi connectivity index (χ0v) is 9.72. The minimum Gasteiger partial charge on any atom is -0.508 e. The zero-order valence-electron chi connectivity index (χ0n) is 9.72. The molecule has 0 heterocycles. The Morgan fingerprint density at radius 3 is 2.76 bits per heavy atom. The lowest BCUT2D eigenvalue weighted by Crippen LogP contribution is -2.24. The molecule has 1 unspecified atom stereocenters. The molecular weight excluding hydrogens is 222 g/mol. The molecule has 5 nitrogen and oxygen atoms in total. The van der Waals surface area contributed by atoms with Crippen LogP contribution in [0.4, 0.5) is 0 Å². The molecule has 4 N–H and O–H groups in total. The van der Waals surface area contributed by atoms with Crippen molar-refractivity contribution in [1.29, 1.82) is 0 Å². The quantitative estimate of drug-likeness (QED) is 0.664. The van der Waals surface area contributed by atoms with Crippen molar-refractivity contribution >= 4 is 5.97 Å². The molecule has 0 aliphatic heterocycles. The first-order valence-electron chi connectivity index (χ1n) is 5.36. The maximum absolute atomic E-state index is 10.9. The molecule has 0 radical (unpaired) electrons. The maximum atomic E-state index is 10.9. The molecule has 1 atom stereocenters. The van der Waals surface area contributed by atoms with Gasteiger partial charge in [0.1, 0.15) is 11.5 Å². The van der Waals surface area contributed by atoms with Crippen LogP contribution in [-0.2, 0) is 16.0 Å². The number of rotatable bonds is 5. The van der Waals surface area contributed by atoms with Crippen molar-refractivity contribution < 1.29 is 19.7 Å². The van der Waals surface area contributed by atoms with Crippen LogP contribution in [0.1, 0.15) is 18.4 Å². The van der Waals surface area contributed by atoms with Crippen LogP contribution in [0.3, 0.4) is 0 Å². The van der Waals surface area contributed by atoms with Crippen molar-refractivity contribution in [1.82, 2.24) is 0 Å². The summed E-state index contributed by atoms with van der Waals surface area (Å²) in [6, 6.07) is 4.14. The molecule has 17 heavy (non-hydrogen) atoms. The van der Waals surface area contributed by atoms with Gasteiger partial charge in [-0.3, -0.25) is 4.79 Å². The molecule has 0 aliphatic rings. The van der Waals surface area contributed by atoms with E-state index in [0.717, 1.165) is 0 Å². The molecule has 0 saturated heterocycles. The highest BCUT2D eigenvalue weighted by Crippen LogP contribution is 2.23. The molecule has 5 heteroatoms. The van der Waals surface area contributed by atoms with Crippen LogP contribution in [0.5, 0.6) is 11.5 Å². The topological polar surface area (TPSA) is 92.8 Å². The van der Waals surface area contributed by atoms with Gasteiger partial charge in [-0.2, -0.15) is 0 Å². The standard InChI is InChI=1S/C12H17NO4/c1-17-12(16)5-3-9(13)6-8-2-4-10(14)7-11(8)15/h2,4,7,9,14-15H,3,5-6,13H2,1H3. The van der Waals surface area contributed by atoms with Gasteiger partial charge in [-0.05, 0) is 24.5 Å². The van der Waals surface area contributed by atoms with Crippen molar-refractivity contribution in [3.63, 3.8) is 0 Å². The van der Waals surface area contributed by atoms with E-state index in [1.54, 1.807) is 6.07 Å². The van der Waals surface area contributed by atoms with Crippen LogP contribution in [0.2, 0.25) is 0 Å². The van der Waals surface area contributed by atoms with Gasteiger partial charge in [0.15, 0.2) is 0 Å². The minimum absolute atomic E-state index is 0.00869. The molecule has 1 aromatic carbocycles. The molecule has 0 aromatic heterocycles. The number of benzene rings is 1. The Bertz CT molecular complexity index is 392. The summed E-state index contributed by atoms with van der Waals surface area (Å²) in [5, 5.41) is 18.7. The second kappa shape index (κ2) is 6.10. The number of hydrogen-bond acceptors (Lipinski definition) is 5. The average Bonchev–Trinajstić information content (AvgIpc) is 2.29. The number of hydrogen-bond donors (Lipinski definition) is 3. The van der Waals surface area contributed by atoms with Crippen LogP contribution in [0, 0.1) is 0 Å². The lowest BCUT2D eigenvalue weighted by atomic mass is 10.0. The number of methoxy groups -OCH3 is 1. The summed E-state index contributed by atoms with van der Waals surface area (Å²) in [4.78, 5) is 10.9. The van der Waals surface area contributed by atoms with E-state index >= 15 is 0 Å². The minimum atomic E-state index is -0.296. The fourth-order valence-corrected chi connectivity index (χ4v) is 1.51. The molecule has 1 rings (SSSR count). The van der Waals surface area contributed by atoms with Crippen LogP contribution in [0.25, 0.3) is 0 Å². The second-order valence-corrected chi connectivity index (χ2v) is 3.89. The van der Waals surface area contributed by atoms with Gasteiger partial charge >= 0.3 is 5.97 Å². The summed E-state index contributed by atoms with van der Waals surface area (Å²) in [5.41, 5.74) is 6.49. The van der Waals surface area contributed by atoms with E-state index in [-0.39, 0.29) is 29.9 Å². The van der Waals surface area contributed by atoms with E-state index in [4.69, 9.17) is 10.8 Å². The highest BCUT2D eigenvalue weighted by atomic mass is 16.5. The Morgan fingerprint density at radius 2 is 2.18 bits per heavy atom. The van der Waals surface area contributed by atoms with Crippen molar-refractivity contribution in [3.05, 3.63) is 23.8 Å². The van der Waals surface area contributed by atoms with E-state index in [2.05, 4.69) is 4.74 Å². The first-order valence-corrected chi connectivity index (χ1v) is 5.36. The zero-order chi connectivity index (χ0) is 12.8. The summed E-state index contributed by atoms with van der Waals surface area (Å²) >= 11 is 0. The molecule has 0 bridgehead atoms. The number of phenolic OH excluding ortho intramolecular Hbond substituents is 2. The van der Waals surface area contributed by atoms with E-state index in [1.807, 2.05) is 0 Å². The summed E-state index contributed by atoms with van der Waals surface area (Å²) in [7, 11) is 1.33. The van der Waals surface area contributed by atoms with Gasteiger partial charge in [0.2, 0.25) is 0 Å².